The molecule has 1 saturated carbocycles. The third-order valence-electron chi connectivity index (χ3n) is 4.22. The van der Waals surface area contributed by atoms with Gasteiger partial charge >= 0.3 is 0 Å². The third kappa shape index (κ3) is 4.14. The molecule has 2 unspecified atom stereocenters. The number of unbranched alkanes of at least 4 members (excludes halogenated alkanes) is 1. The third-order valence-corrected chi connectivity index (χ3v) is 4.22. The molecule has 1 N–H and O–H groups in total. The molecule has 0 amide bonds. The van der Waals surface area contributed by atoms with Gasteiger partial charge in [0.05, 0.1) is 0 Å². The smallest absolute Gasteiger partial charge is 0.00949 e. The van der Waals surface area contributed by atoms with E-state index in [4.69, 9.17) is 0 Å². The summed E-state index contributed by atoms with van der Waals surface area (Å²) in [6.45, 7) is 4.65. The monoisotopic (exact) mass is 211 g/mol. The van der Waals surface area contributed by atoms with Gasteiger partial charge in [-0.3, -0.25) is 0 Å². The highest BCUT2D eigenvalue weighted by atomic mass is 14.9. The van der Waals surface area contributed by atoms with E-state index in [9.17, 15) is 0 Å². The fourth-order valence-electron chi connectivity index (χ4n) is 2.73. The second-order valence-corrected chi connectivity index (χ2v) is 5.24. The second kappa shape index (κ2) is 7.27. The van der Waals surface area contributed by atoms with Gasteiger partial charge in [0, 0.05) is 6.04 Å². The van der Waals surface area contributed by atoms with Crippen LogP contribution in [-0.4, -0.2) is 13.1 Å². The Hall–Kier alpha value is -0.0400. The number of rotatable bonds is 8. The van der Waals surface area contributed by atoms with E-state index in [0.29, 0.717) is 0 Å². The largest absolute Gasteiger partial charge is 0.317 e. The highest BCUT2D eigenvalue weighted by molar-refractivity contribution is 4.83. The Morgan fingerprint density at radius 3 is 2.40 bits per heavy atom. The van der Waals surface area contributed by atoms with Gasteiger partial charge in [-0.15, -0.1) is 0 Å². The molecule has 0 aliphatic heterocycles. The Bertz CT molecular complexity index is 151. The first kappa shape index (κ1) is 13.0. The molecule has 2 atom stereocenters. The van der Waals surface area contributed by atoms with Crippen LogP contribution in [0.4, 0.5) is 0 Å². The molecule has 1 aliphatic rings. The van der Waals surface area contributed by atoms with E-state index in [1.807, 2.05) is 0 Å². The summed E-state index contributed by atoms with van der Waals surface area (Å²) in [5.41, 5.74) is 0. The minimum atomic E-state index is 0.806. The SMILES string of the molecule is CCCCC(CC)CC(NC)C1CCC1. The summed E-state index contributed by atoms with van der Waals surface area (Å²) in [5, 5.41) is 3.55. The fraction of sp³-hybridized carbons (Fsp3) is 1.00. The Morgan fingerprint density at radius 1 is 1.27 bits per heavy atom. The van der Waals surface area contributed by atoms with E-state index >= 15 is 0 Å². The van der Waals surface area contributed by atoms with Crippen LogP contribution in [0.3, 0.4) is 0 Å². The zero-order valence-electron chi connectivity index (χ0n) is 10.9. The average Bonchev–Trinajstić information content (AvgIpc) is 2.19. The molecule has 0 aromatic rings. The molecular weight excluding hydrogens is 182 g/mol. The first-order valence-electron chi connectivity index (χ1n) is 6.99. The highest BCUT2D eigenvalue weighted by Gasteiger charge is 2.27. The molecule has 1 heteroatoms. The molecule has 0 spiro atoms. The predicted octanol–water partition coefficient (Wildman–Crippen LogP) is 3.98. The Labute approximate surface area is 96.0 Å². The van der Waals surface area contributed by atoms with E-state index in [-0.39, 0.29) is 0 Å². The van der Waals surface area contributed by atoms with Gasteiger partial charge in [0.1, 0.15) is 0 Å². The molecule has 15 heavy (non-hydrogen) atoms. The summed E-state index contributed by atoms with van der Waals surface area (Å²) in [5.74, 6) is 1.95. The van der Waals surface area contributed by atoms with E-state index in [1.54, 1.807) is 0 Å². The molecule has 0 aromatic heterocycles. The summed E-state index contributed by atoms with van der Waals surface area (Å²) < 4.78 is 0. The molecule has 90 valence electrons. The van der Waals surface area contributed by atoms with Crippen molar-refractivity contribution in [2.45, 2.75) is 71.3 Å². The maximum Gasteiger partial charge on any atom is 0.00949 e. The maximum atomic E-state index is 3.55. The first-order chi connectivity index (χ1) is 7.31. The lowest BCUT2D eigenvalue weighted by Gasteiger charge is -2.35. The summed E-state index contributed by atoms with van der Waals surface area (Å²) in [4.78, 5) is 0. The van der Waals surface area contributed by atoms with Gasteiger partial charge in [-0.05, 0) is 38.1 Å². The van der Waals surface area contributed by atoms with Crippen LogP contribution in [0, 0.1) is 11.8 Å². The van der Waals surface area contributed by atoms with E-state index < -0.39 is 0 Å². The van der Waals surface area contributed by atoms with Crippen LogP contribution in [0.1, 0.15) is 65.2 Å². The predicted molar refractivity (Wildman–Crippen MR) is 68.1 cm³/mol. The molecular formula is C14H29N. The Morgan fingerprint density at radius 2 is 2.00 bits per heavy atom. The average molecular weight is 211 g/mol. The number of hydrogen-bond acceptors (Lipinski definition) is 1. The van der Waals surface area contributed by atoms with Gasteiger partial charge in [-0.2, -0.15) is 0 Å². The van der Waals surface area contributed by atoms with Crippen molar-refractivity contribution in [2.75, 3.05) is 7.05 Å². The van der Waals surface area contributed by atoms with Crippen LogP contribution in [0.15, 0.2) is 0 Å². The van der Waals surface area contributed by atoms with Crippen LogP contribution < -0.4 is 5.32 Å². The second-order valence-electron chi connectivity index (χ2n) is 5.24. The molecule has 0 bridgehead atoms. The molecule has 0 radical (unpaired) electrons. The summed E-state index contributed by atoms with van der Waals surface area (Å²) in [7, 11) is 2.15. The van der Waals surface area contributed by atoms with Gasteiger partial charge in [0.25, 0.3) is 0 Å². The zero-order chi connectivity index (χ0) is 11.1. The van der Waals surface area contributed by atoms with Crippen molar-refractivity contribution in [1.29, 1.82) is 0 Å². The summed E-state index contributed by atoms with van der Waals surface area (Å²) in [6.07, 6.45) is 11.4. The molecule has 1 aliphatic carbocycles. The van der Waals surface area contributed by atoms with E-state index in [1.165, 1.54) is 51.4 Å². The van der Waals surface area contributed by atoms with Crippen LogP contribution in [0.2, 0.25) is 0 Å². The Kier molecular flexibility index (Phi) is 6.31. The molecule has 1 rings (SSSR count). The standard InChI is InChI=1S/C14H29N/c1-4-6-8-12(5-2)11-14(15-3)13-9-7-10-13/h12-15H,4-11H2,1-3H3. The van der Waals surface area contributed by atoms with Crippen molar-refractivity contribution in [3.05, 3.63) is 0 Å². The van der Waals surface area contributed by atoms with Crippen molar-refractivity contribution < 1.29 is 0 Å². The summed E-state index contributed by atoms with van der Waals surface area (Å²) >= 11 is 0. The minimum Gasteiger partial charge on any atom is -0.317 e. The topological polar surface area (TPSA) is 12.0 Å². The number of hydrogen-bond donors (Lipinski definition) is 1. The molecule has 0 heterocycles. The molecule has 1 fully saturated rings. The van der Waals surface area contributed by atoms with Gasteiger partial charge in [-0.25, -0.2) is 0 Å². The molecule has 1 nitrogen and oxygen atoms in total. The maximum absolute atomic E-state index is 3.55. The van der Waals surface area contributed by atoms with Gasteiger partial charge < -0.3 is 5.32 Å². The van der Waals surface area contributed by atoms with Crippen LogP contribution in [0.5, 0.6) is 0 Å². The lowest BCUT2D eigenvalue weighted by molar-refractivity contribution is 0.201. The zero-order valence-corrected chi connectivity index (χ0v) is 10.9. The van der Waals surface area contributed by atoms with Crippen LogP contribution in [-0.2, 0) is 0 Å². The van der Waals surface area contributed by atoms with Crippen molar-refractivity contribution in [1.82, 2.24) is 5.32 Å². The van der Waals surface area contributed by atoms with E-state index in [2.05, 4.69) is 26.2 Å². The lowest BCUT2D eigenvalue weighted by Crippen LogP contribution is -2.38. The van der Waals surface area contributed by atoms with E-state index in [0.717, 1.165) is 17.9 Å². The fourth-order valence-corrected chi connectivity index (χ4v) is 2.73. The Balaban J connectivity index is 2.26. The quantitative estimate of drug-likeness (QED) is 0.640. The minimum absolute atomic E-state index is 0.806. The molecule has 0 aromatic carbocycles. The van der Waals surface area contributed by atoms with Crippen LogP contribution >= 0.6 is 0 Å². The van der Waals surface area contributed by atoms with Gasteiger partial charge in [0.2, 0.25) is 0 Å². The van der Waals surface area contributed by atoms with Crippen molar-refractivity contribution in [2.24, 2.45) is 11.8 Å². The van der Waals surface area contributed by atoms with Crippen molar-refractivity contribution in [3.8, 4) is 0 Å². The van der Waals surface area contributed by atoms with Crippen LogP contribution in [0.25, 0.3) is 0 Å². The number of nitrogens with one attached hydrogen (secondary N) is 1. The normalized spacial score (nSPS) is 21.0. The van der Waals surface area contributed by atoms with Crippen molar-refractivity contribution >= 4 is 0 Å². The molecule has 0 saturated heterocycles. The summed E-state index contributed by atoms with van der Waals surface area (Å²) in [6, 6.07) is 0.806. The first-order valence-corrected chi connectivity index (χ1v) is 6.99. The highest BCUT2D eigenvalue weighted by Crippen LogP contribution is 2.33. The van der Waals surface area contributed by atoms with Crippen molar-refractivity contribution in [3.63, 3.8) is 0 Å². The van der Waals surface area contributed by atoms with Gasteiger partial charge in [0.15, 0.2) is 0 Å². The lowest BCUT2D eigenvalue weighted by atomic mass is 9.76. The van der Waals surface area contributed by atoms with Gasteiger partial charge in [-0.1, -0.05) is 46.0 Å².